The summed E-state index contributed by atoms with van der Waals surface area (Å²) in [5, 5.41) is 19.7. The van der Waals surface area contributed by atoms with Gasteiger partial charge in [0.2, 0.25) is 0 Å². The molecule has 4 aromatic rings. The molecule has 3 heterocycles. The predicted octanol–water partition coefficient (Wildman–Crippen LogP) is 2.65. The summed E-state index contributed by atoms with van der Waals surface area (Å²) < 4.78 is 1.74. The Hall–Kier alpha value is -2.70. The average molecular weight is 326 g/mol. The summed E-state index contributed by atoms with van der Waals surface area (Å²) in [7, 11) is 0. The second kappa shape index (κ2) is 5.49. The van der Waals surface area contributed by atoms with Gasteiger partial charge in [0.05, 0.1) is 40.6 Å². The van der Waals surface area contributed by atoms with Crippen LogP contribution in [-0.4, -0.2) is 29.5 Å². The summed E-state index contributed by atoms with van der Waals surface area (Å²) in [4.78, 5) is 5.56. The highest BCUT2D eigenvalue weighted by Crippen LogP contribution is 2.28. The molecule has 0 fully saturated rings. The van der Waals surface area contributed by atoms with E-state index >= 15 is 0 Å². The minimum absolute atomic E-state index is 0.414. The number of pyridine rings is 1. The van der Waals surface area contributed by atoms with E-state index in [0.717, 1.165) is 11.2 Å². The zero-order chi connectivity index (χ0) is 15.8. The Bertz CT molecular complexity index is 963. The normalized spacial score (nSPS) is 12.6. The SMILES string of the molecule is OC(c1cnn(-c2ccccc2)n1)c1c(Cl)ccc2cncn12. The van der Waals surface area contributed by atoms with Gasteiger partial charge in [-0.05, 0) is 24.3 Å². The molecule has 1 unspecified atom stereocenters. The molecule has 0 aliphatic carbocycles. The molecule has 1 atom stereocenters. The molecular formula is C16H12ClN5O. The highest BCUT2D eigenvalue weighted by atomic mass is 35.5. The first kappa shape index (κ1) is 13.9. The smallest absolute Gasteiger partial charge is 0.141 e. The lowest BCUT2D eigenvalue weighted by atomic mass is 10.1. The quantitative estimate of drug-likeness (QED) is 0.629. The monoisotopic (exact) mass is 325 g/mol. The molecule has 0 spiro atoms. The second-order valence-electron chi connectivity index (χ2n) is 5.05. The molecule has 7 heteroatoms. The summed E-state index contributed by atoms with van der Waals surface area (Å²) in [6.07, 6.45) is 3.84. The minimum Gasteiger partial charge on any atom is -0.380 e. The molecule has 4 rings (SSSR count). The van der Waals surface area contributed by atoms with E-state index in [1.807, 2.05) is 36.4 Å². The number of benzene rings is 1. The average Bonchev–Trinajstić information content (AvgIpc) is 3.24. The Kier molecular flexibility index (Phi) is 3.33. The van der Waals surface area contributed by atoms with Crippen molar-refractivity contribution >= 4 is 17.1 Å². The van der Waals surface area contributed by atoms with Crippen LogP contribution in [-0.2, 0) is 0 Å². The Morgan fingerprint density at radius 3 is 2.70 bits per heavy atom. The van der Waals surface area contributed by atoms with Gasteiger partial charge in [0, 0.05) is 0 Å². The van der Waals surface area contributed by atoms with E-state index in [1.165, 1.54) is 11.0 Å². The Balaban J connectivity index is 1.77. The number of imidazole rings is 1. The van der Waals surface area contributed by atoms with Gasteiger partial charge < -0.3 is 5.11 Å². The van der Waals surface area contributed by atoms with Gasteiger partial charge in [-0.1, -0.05) is 29.8 Å². The largest absolute Gasteiger partial charge is 0.380 e. The van der Waals surface area contributed by atoms with E-state index in [-0.39, 0.29) is 0 Å². The Morgan fingerprint density at radius 2 is 1.87 bits per heavy atom. The zero-order valence-electron chi connectivity index (χ0n) is 11.9. The number of aliphatic hydroxyl groups excluding tert-OH is 1. The third-order valence-corrected chi connectivity index (χ3v) is 3.93. The van der Waals surface area contributed by atoms with Crippen molar-refractivity contribution in [2.75, 3.05) is 0 Å². The number of rotatable bonds is 3. The van der Waals surface area contributed by atoms with E-state index in [9.17, 15) is 5.11 Å². The van der Waals surface area contributed by atoms with Crippen LogP contribution in [0, 0.1) is 0 Å². The maximum Gasteiger partial charge on any atom is 0.141 e. The van der Waals surface area contributed by atoms with Gasteiger partial charge in [-0.15, -0.1) is 0 Å². The van der Waals surface area contributed by atoms with Crippen molar-refractivity contribution < 1.29 is 5.11 Å². The highest BCUT2D eigenvalue weighted by molar-refractivity contribution is 6.31. The molecule has 0 aliphatic rings. The van der Waals surface area contributed by atoms with Crippen LogP contribution in [0.1, 0.15) is 17.5 Å². The first-order chi connectivity index (χ1) is 11.2. The number of nitrogens with zero attached hydrogens (tertiary/aromatic N) is 5. The minimum atomic E-state index is -1.00. The van der Waals surface area contributed by atoms with Crippen LogP contribution in [0.25, 0.3) is 11.2 Å². The summed E-state index contributed by atoms with van der Waals surface area (Å²) in [5.41, 5.74) is 2.59. The predicted molar refractivity (Wildman–Crippen MR) is 85.6 cm³/mol. The molecular weight excluding hydrogens is 314 g/mol. The maximum atomic E-state index is 10.7. The van der Waals surface area contributed by atoms with E-state index < -0.39 is 6.10 Å². The van der Waals surface area contributed by atoms with Gasteiger partial charge in [-0.25, -0.2) is 4.98 Å². The lowest BCUT2D eigenvalue weighted by Crippen LogP contribution is -2.08. The number of aromatic nitrogens is 5. The van der Waals surface area contributed by atoms with Crippen LogP contribution in [0.4, 0.5) is 0 Å². The number of hydrogen-bond acceptors (Lipinski definition) is 4. The second-order valence-corrected chi connectivity index (χ2v) is 5.46. The third-order valence-electron chi connectivity index (χ3n) is 3.61. The summed E-state index contributed by atoms with van der Waals surface area (Å²) in [6.45, 7) is 0. The molecule has 114 valence electrons. The van der Waals surface area contributed by atoms with Crippen LogP contribution in [0.3, 0.4) is 0 Å². The molecule has 0 saturated heterocycles. The van der Waals surface area contributed by atoms with Crippen LogP contribution < -0.4 is 0 Å². The number of hydrogen-bond donors (Lipinski definition) is 1. The van der Waals surface area contributed by atoms with Crippen LogP contribution >= 0.6 is 11.6 Å². The van der Waals surface area contributed by atoms with E-state index in [0.29, 0.717) is 16.4 Å². The molecule has 0 aliphatic heterocycles. The highest BCUT2D eigenvalue weighted by Gasteiger charge is 2.21. The van der Waals surface area contributed by atoms with Crippen molar-refractivity contribution in [1.29, 1.82) is 0 Å². The van der Waals surface area contributed by atoms with Crippen molar-refractivity contribution in [2.24, 2.45) is 0 Å². The summed E-state index contributed by atoms with van der Waals surface area (Å²) in [5.74, 6) is 0. The van der Waals surface area contributed by atoms with Gasteiger partial charge in [0.1, 0.15) is 11.8 Å². The molecule has 6 nitrogen and oxygen atoms in total. The van der Waals surface area contributed by atoms with Gasteiger partial charge in [0.15, 0.2) is 0 Å². The topological polar surface area (TPSA) is 68.2 Å². The zero-order valence-corrected chi connectivity index (χ0v) is 12.7. The molecule has 1 N–H and O–H groups in total. The van der Waals surface area contributed by atoms with Crippen molar-refractivity contribution in [3.8, 4) is 5.69 Å². The summed E-state index contributed by atoms with van der Waals surface area (Å²) in [6, 6.07) is 13.1. The number of fused-ring (bicyclic) bond motifs is 1. The first-order valence-electron chi connectivity index (χ1n) is 7.00. The number of aliphatic hydroxyl groups is 1. The van der Waals surface area contributed by atoms with Crippen molar-refractivity contribution in [3.63, 3.8) is 0 Å². The standard InChI is InChI=1S/C16H12ClN5O/c17-13-7-6-12-8-18-10-21(12)15(13)16(23)14-9-19-22(20-14)11-4-2-1-3-5-11/h1-10,16,23H. The van der Waals surface area contributed by atoms with Crippen LogP contribution in [0.5, 0.6) is 0 Å². The lowest BCUT2D eigenvalue weighted by Gasteiger charge is -2.12. The maximum absolute atomic E-state index is 10.7. The lowest BCUT2D eigenvalue weighted by molar-refractivity contribution is 0.208. The Labute approximate surface area is 136 Å². The fourth-order valence-electron chi connectivity index (χ4n) is 2.48. The van der Waals surface area contributed by atoms with Gasteiger partial charge in [-0.3, -0.25) is 4.40 Å². The van der Waals surface area contributed by atoms with Crippen molar-refractivity contribution in [1.82, 2.24) is 24.4 Å². The first-order valence-corrected chi connectivity index (χ1v) is 7.38. The number of halogens is 1. The molecule has 0 saturated carbocycles. The van der Waals surface area contributed by atoms with E-state index in [2.05, 4.69) is 15.2 Å². The molecule has 0 amide bonds. The fraction of sp³-hybridized carbons (Fsp3) is 0.0625. The summed E-state index contributed by atoms with van der Waals surface area (Å²) >= 11 is 6.27. The molecule has 0 bridgehead atoms. The van der Waals surface area contributed by atoms with Crippen LogP contribution in [0.2, 0.25) is 5.02 Å². The molecule has 0 radical (unpaired) electrons. The van der Waals surface area contributed by atoms with E-state index in [1.54, 1.807) is 23.0 Å². The van der Waals surface area contributed by atoms with Crippen molar-refractivity contribution in [2.45, 2.75) is 6.10 Å². The van der Waals surface area contributed by atoms with Gasteiger partial charge in [0.25, 0.3) is 0 Å². The van der Waals surface area contributed by atoms with Gasteiger partial charge >= 0.3 is 0 Å². The van der Waals surface area contributed by atoms with E-state index in [4.69, 9.17) is 11.6 Å². The molecule has 3 aromatic heterocycles. The number of para-hydroxylation sites is 1. The molecule has 1 aromatic carbocycles. The Morgan fingerprint density at radius 1 is 1.04 bits per heavy atom. The van der Waals surface area contributed by atoms with Gasteiger partial charge in [-0.2, -0.15) is 15.0 Å². The fourth-order valence-corrected chi connectivity index (χ4v) is 2.73. The van der Waals surface area contributed by atoms with Crippen molar-refractivity contribution in [3.05, 3.63) is 77.6 Å². The molecule has 23 heavy (non-hydrogen) atoms. The third kappa shape index (κ3) is 2.38. The van der Waals surface area contributed by atoms with Crippen LogP contribution in [0.15, 0.2) is 61.2 Å².